The van der Waals surface area contributed by atoms with Gasteiger partial charge in [0.15, 0.2) is 0 Å². The van der Waals surface area contributed by atoms with Gasteiger partial charge in [0.25, 0.3) is 0 Å². The molecule has 1 saturated carbocycles. The van der Waals surface area contributed by atoms with Gasteiger partial charge >= 0.3 is 0 Å². The number of hydrogen-bond acceptors (Lipinski definition) is 2. The summed E-state index contributed by atoms with van der Waals surface area (Å²) in [5.74, 6) is 0.485. The monoisotopic (exact) mass is 232 g/mol. The molecule has 3 N–H and O–H groups in total. The lowest BCUT2D eigenvalue weighted by atomic mass is 10.1. The Kier molecular flexibility index (Phi) is 3.79. The molecule has 0 heterocycles. The van der Waals surface area contributed by atoms with Crippen LogP contribution >= 0.6 is 0 Å². The number of nitrogens with one attached hydrogen (secondary N) is 1. The van der Waals surface area contributed by atoms with Crippen LogP contribution in [-0.2, 0) is 6.54 Å². The van der Waals surface area contributed by atoms with Crippen molar-refractivity contribution in [1.29, 1.82) is 0 Å². The summed E-state index contributed by atoms with van der Waals surface area (Å²) in [5.41, 5.74) is 6.97. The Morgan fingerprint density at radius 1 is 1.35 bits per heavy atom. The van der Waals surface area contributed by atoms with Crippen LogP contribution in [0.1, 0.15) is 42.1 Å². The Morgan fingerprint density at radius 2 is 2.06 bits per heavy atom. The van der Waals surface area contributed by atoms with Gasteiger partial charge in [-0.15, -0.1) is 0 Å². The van der Waals surface area contributed by atoms with Gasteiger partial charge < -0.3 is 11.1 Å². The average molecular weight is 232 g/mol. The van der Waals surface area contributed by atoms with Gasteiger partial charge in [-0.05, 0) is 42.9 Å². The summed E-state index contributed by atoms with van der Waals surface area (Å²) in [7, 11) is 0. The van der Waals surface area contributed by atoms with E-state index < -0.39 is 0 Å². The van der Waals surface area contributed by atoms with E-state index >= 15 is 0 Å². The quantitative estimate of drug-likeness (QED) is 0.835. The molecule has 1 aromatic rings. The zero-order chi connectivity index (χ0) is 12.3. The van der Waals surface area contributed by atoms with Crippen LogP contribution in [0, 0.1) is 5.92 Å². The van der Waals surface area contributed by atoms with Crippen LogP contribution in [0.4, 0.5) is 0 Å². The Labute approximate surface area is 102 Å². The molecule has 2 unspecified atom stereocenters. The van der Waals surface area contributed by atoms with Crippen molar-refractivity contribution in [2.24, 2.45) is 11.7 Å². The molecule has 1 aliphatic carbocycles. The minimum Gasteiger partial charge on any atom is -0.366 e. The van der Waals surface area contributed by atoms with Crippen LogP contribution in [-0.4, -0.2) is 11.9 Å². The maximum Gasteiger partial charge on any atom is 0.248 e. The summed E-state index contributed by atoms with van der Waals surface area (Å²) in [6, 6.07) is 8.16. The number of nitrogens with two attached hydrogens (primary N) is 1. The summed E-state index contributed by atoms with van der Waals surface area (Å²) in [6.07, 6.45) is 3.89. The Balaban J connectivity index is 1.85. The zero-order valence-corrected chi connectivity index (χ0v) is 10.3. The van der Waals surface area contributed by atoms with Gasteiger partial charge in [0.1, 0.15) is 0 Å². The molecule has 0 bridgehead atoms. The number of carbonyl (C=O) groups excluding carboxylic acids is 1. The highest BCUT2D eigenvalue weighted by atomic mass is 16.1. The van der Waals surface area contributed by atoms with E-state index in [1.54, 1.807) is 12.1 Å². The van der Waals surface area contributed by atoms with Crippen LogP contribution in [0.5, 0.6) is 0 Å². The Bertz CT molecular complexity index is 386. The molecular formula is C14H20N2O. The van der Waals surface area contributed by atoms with E-state index in [0.717, 1.165) is 12.5 Å². The van der Waals surface area contributed by atoms with Gasteiger partial charge in [-0.1, -0.05) is 19.1 Å². The van der Waals surface area contributed by atoms with Gasteiger partial charge in [-0.25, -0.2) is 0 Å². The van der Waals surface area contributed by atoms with Crippen LogP contribution in [0.15, 0.2) is 24.3 Å². The predicted octanol–water partition coefficient (Wildman–Crippen LogP) is 2.06. The Hall–Kier alpha value is -1.35. The van der Waals surface area contributed by atoms with Crippen molar-refractivity contribution >= 4 is 5.91 Å². The molecule has 1 aromatic carbocycles. The van der Waals surface area contributed by atoms with E-state index in [2.05, 4.69) is 12.2 Å². The predicted molar refractivity (Wildman–Crippen MR) is 68.6 cm³/mol. The molecule has 3 nitrogen and oxygen atoms in total. The average Bonchev–Trinajstić information content (AvgIpc) is 2.73. The largest absolute Gasteiger partial charge is 0.366 e. The second-order valence-corrected chi connectivity index (χ2v) is 5.06. The standard InChI is InChI=1S/C14H20N2O/c1-10-2-7-13(8-10)16-9-11-3-5-12(6-4-11)14(15)17/h3-6,10,13,16H,2,7-9H2,1H3,(H2,15,17). The zero-order valence-electron chi connectivity index (χ0n) is 10.3. The normalized spacial score (nSPS) is 23.8. The molecule has 1 aliphatic rings. The molecule has 0 spiro atoms. The summed E-state index contributed by atoms with van der Waals surface area (Å²) in [6.45, 7) is 3.18. The van der Waals surface area contributed by atoms with Crippen molar-refractivity contribution in [3.8, 4) is 0 Å². The lowest BCUT2D eigenvalue weighted by Crippen LogP contribution is -2.25. The van der Waals surface area contributed by atoms with E-state index in [-0.39, 0.29) is 5.91 Å². The molecule has 2 rings (SSSR count). The van der Waals surface area contributed by atoms with Gasteiger partial charge in [0, 0.05) is 18.2 Å². The maximum absolute atomic E-state index is 10.9. The van der Waals surface area contributed by atoms with E-state index in [4.69, 9.17) is 5.73 Å². The topological polar surface area (TPSA) is 55.1 Å². The first-order valence-electron chi connectivity index (χ1n) is 6.27. The third-order valence-corrected chi connectivity index (χ3v) is 3.53. The number of carbonyl (C=O) groups is 1. The molecule has 2 atom stereocenters. The van der Waals surface area contributed by atoms with E-state index in [1.165, 1.54) is 24.8 Å². The molecule has 0 radical (unpaired) electrons. The lowest BCUT2D eigenvalue weighted by Gasteiger charge is -2.12. The van der Waals surface area contributed by atoms with Gasteiger partial charge in [-0.2, -0.15) is 0 Å². The molecule has 0 aromatic heterocycles. The number of hydrogen-bond donors (Lipinski definition) is 2. The third-order valence-electron chi connectivity index (χ3n) is 3.53. The summed E-state index contributed by atoms with van der Waals surface area (Å²) in [5, 5.41) is 3.56. The molecule has 0 aliphatic heterocycles. The first-order valence-corrected chi connectivity index (χ1v) is 6.27. The minimum absolute atomic E-state index is 0.367. The number of primary amides is 1. The molecule has 0 saturated heterocycles. The summed E-state index contributed by atoms with van der Waals surface area (Å²) >= 11 is 0. The van der Waals surface area contributed by atoms with Crippen LogP contribution in [0.3, 0.4) is 0 Å². The first kappa shape index (κ1) is 12.1. The van der Waals surface area contributed by atoms with E-state index in [0.29, 0.717) is 11.6 Å². The maximum atomic E-state index is 10.9. The highest BCUT2D eigenvalue weighted by molar-refractivity contribution is 5.92. The van der Waals surface area contributed by atoms with Gasteiger partial charge in [0.05, 0.1) is 0 Å². The molecule has 92 valence electrons. The van der Waals surface area contributed by atoms with Gasteiger partial charge in [-0.3, -0.25) is 4.79 Å². The lowest BCUT2D eigenvalue weighted by molar-refractivity contribution is 0.100. The van der Waals surface area contributed by atoms with Crippen LogP contribution in [0.2, 0.25) is 0 Å². The van der Waals surface area contributed by atoms with E-state index in [9.17, 15) is 4.79 Å². The highest BCUT2D eigenvalue weighted by Crippen LogP contribution is 2.24. The molecular weight excluding hydrogens is 212 g/mol. The number of rotatable bonds is 4. The number of benzene rings is 1. The smallest absolute Gasteiger partial charge is 0.248 e. The Morgan fingerprint density at radius 3 is 2.59 bits per heavy atom. The second kappa shape index (κ2) is 5.32. The van der Waals surface area contributed by atoms with Crippen LogP contribution in [0.25, 0.3) is 0 Å². The fourth-order valence-corrected chi connectivity index (χ4v) is 2.44. The van der Waals surface area contributed by atoms with Crippen molar-refractivity contribution in [2.75, 3.05) is 0 Å². The van der Waals surface area contributed by atoms with Crippen molar-refractivity contribution in [2.45, 2.75) is 38.8 Å². The van der Waals surface area contributed by atoms with Crippen molar-refractivity contribution in [3.63, 3.8) is 0 Å². The second-order valence-electron chi connectivity index (χ2n) is 5.06. The third kappa shape index (κ3) is 3.30. The van der Waals surface area contributed by atoms with Crippen molar-refractivity contribution < 1.29 is 4.79 Å². The van der Waals surface area contributed by atoms with E-state index in [1.807, 2.05) is 12.1 Å². The fourth-order valence-electron chi connectivity index (χ4n) is 2.44. The van der Waals surface area contributed by atoms with Crippen molar-refractivity contribution in [3.05, 3.63) is 35.4 Å². The molecule has 1 fully saturated rings. The molecule has 17 heavy (non-hydrogen) atoms. The van der Waals surface area contributed by atoms with Crippen LogP contribution < -0.4 is 11.1 Å². The fraction of sp³-hybridized carbons (Fsp3) is 0.500. The SMILES string of the molecule is CC1CCC(NCc2ccc(C(N)=O)cc2)C1. The summed E-state index contributed by atoms with van der Waals surface area (Å²) < 4.78 is 0. The minimum atomic E-state index is -0.367. The molecule has 1 amide bonds. The van der Waals surface area contributed by atoms with Gasteiger partial charge in [0.2, 0.25) is 5.91 Å². The first-order chi connectivity index (χ1) is 8.15. The van der Waals surface area contributed by atoms with Crippen molar-refractivity contribution in [1.82, 2.24) is 5.32 Å². The number of amides is 1. The highest BCUT2D eigenvalue weighted by Gasteiger charge is 2.20. The summed E-state index contributed by atoms with van der Waals surface area (Å²) in [4.78, 5) is 10.9. The molecule has 3 heteroatoms.